The van der Waals surface area contributed by atoms with E-state index < -0.39 is 5.97 Å². The normalized spacial score (nSPS) is 10.8. The zero-order valence-electron chi connectivity index (χ0n) is 14.1. The largest absolute Gasteiger partial charge is 0.481 e. The third-order valence-corrected chi connectivity index (χ3v) is 3.15. The molecule has 0 spiro atoms. The maximum Gasteiger partial charge on any atom is 0.303 e. The molecule has 1 heterocycles. The van der Waals surface area contributed by atoms with Gasteiger partial charge in [0.25, 0.3) is 0 Å². The maximum atomic E-state index is 10.1. The monoisotopic (exact) mass is 318 g/mol. The summed E-state index contributed by atoms with van der Waals surface area (Å²) in [6, 6.07) is 7.90. The quantitative estimate of drug-likeness (QED) is 0.883. The molecule has 6 nitrogen and oxygen atoms in total. The van der Waals surface area contributed by atoms with Crippen molar-refractivity contribution in [2.75, 3.05) is 0 Å². The Balaban J connectivity index is 0.000000241. The van der Waals surface area contributed by atoms with Gasteiger partial charge in [-0.3, -0.25) is 4.79 Å². The molecule has 0 bridgehead atoms. The summed E-state index contributed by atoms with van der Waals surface area (Å²) in [6.45, 7) is 6.90. The average Bonchev–Trinajstić information content (AvgIpc) is 3.00. The lowest BCUT2D eigenvalue weighted by molar-refractivity contribution is -0.137. The molecule has 1 aromatic carbocycles. The number of aromatic nitrogens is 3. The first-order valence-electron chi connectivity index (χ1n) is 7.67. The summed E-state index contributed by atoms with van der Waals surface area (Å²) in [5.41, 5.74) is 7.88. The Bertz CT molecular complexity index is 589. The fraction of sp³-hybridized carbons (Fsp3) is 0.471. The lowest BCUT2D eigenvalue weighted by Gasteiger charge is -2.16. The summed E-state index contributed by atoms with van der Waals surface area (Å²) >= 11 is 0. The molecule has 3 N–H and O–H groups in total. The molecule has 0 aliphatic carbocycles. The highest BCUT2D eigenvalue weighted by molar-refractivity contribution is 5.66. The van der Waals surface area contributed by atoms with E-state index in [0.717, 1.165) is 24.1 Å². The minimum atomic E-state index is -0.691. The number of rotatable bonds is 5. The van der Waals surface area contributed by atoms with E-state index in [4.69, 9.17) is 10.8 Å². The Kier molecular flexibility index (Phi) is 7.41. The summed E-state index contributed by atoms with van der Waals surface area (Å²) in [6.07, 6.45) is 5.25. The van der Waals surface area contributed by atoms with Crippen LogP contribution < -0.4 is 5.73 Å². The number of aliphatic carboxylic acids is 1. The van der Waals surface area contributed by atoms with Gasteiger partial charge in [0.15, 0.2) is 0 Å². The van der Waals surface area contributed by atoms with Crippen LogP contribution in [0.1, 0.15) is 45.6 Å². The average molecular weight is 318 g/mol. The second-order valence-electron chi connectivity index (χ2n) is 6.52. The van der Waals surface area contributed by atoms with Crippen LogP contribution in [0, 0.1) is 5.41 Å². The number of nitrogens with zero attached hydrogens (tertiary/aromatic N) is 3. The molecule has 0 aliphatic heterocycles. The van der Waals surface area contributed by atoms with Gasteiger partial charge in [0, 0.05) is 13.0 Å². The molecule has 0 saturated carbocycles. The summed E-state index contributed by atoms with van der Waals surface area (Å²) in [4.78, 5) is 14.0. The highest BCUT2D eigenvalue weighted by Crippen LogP contribution is 2.21. The van der Waals surface area contributed by atoms with Gasteiger partial charge in [-0.2, -0.15) is 5.10 Å². The van der Waals surface area contributed by atoms with E-state index in [9.17, 15) is 4.79 Å². The Hall–Kier alpha value is -2.21. The second kappa shape index (κ2) is 9.05. The Morgan fingerprint density at radius 3 is 2.61 bits per heavy atom. The second-order valence-corrected chi connectivity index (χ2v) is 6.52. The maximum absolute atomic E-state index is 10.1. The van der Waals surface area contributed by atoms with Crippen LogP contribution in [0.2, 0.25) is 0 Å². The predicted molar refractivity (Wildman–Crippen MR) is 90.2 cm³/mol. The van der Waals surface area contributed by atoms with E-state index in [1.54, 1.807) is 11.0 Å². The molecule has 126 valence electrons. The van der Waals surface area contributed by atoms with Crippen LogP contribution in [0.25, 0.3) is 5.69 Å². The van der Waals surface area contributed by atoms with Crippen LogP contribution in [0.5, 0.6) is 0 Å². The summed E-state index contributed by atoms with van der Waals surface area (Å²) < 4.78 is 1.71. The molecular weight excluding hydrogens is 292 g/mol. The van der Waals surface area contributed by atoms with Crippen molar-refractivity contribution < 1.29 is 9.90 Å². The third-order valence-electron chi connectivity index (χ3n) is 3.15. The molecule has 0 aliphatic rings. The van der Waals surface area contributed by atoms with Crippen molar-refractivity contribution >= 4 is 5.97 Å². The number of hydrogen-bond acceptors (Lipinski definition) is 4. The first kappa shape index (κ1) is 18.8. The summed E-state index contributed by atoms with van der Waals surface area (Å²) in [5.74, 6) is -0.691. The fourth-order valence-corrected chi connectivity index (χ4v) is 1.94. The van der Waals surface area contributed by atoms with Crippen LogP contribution >= 0.6 is 0 Å². The number of carboxylic acid groups (broad SMARTS) is 1. The molecule has 0 unspecified atom stereocenters. The van der Waals surface area contributed by atoms with Crippen molar-refractivity contribution in [1.29, 1.82) is 0 Å². The molecule has 0 radical (unpaired) electrons. The molecule has 0 fully saturated rings. The lowest BCUT2D eigenvalue weighted by atomic mass is 9.90. The minimum absolute atomic E-state index is 0.273. The smallest absolute Gasteiger partial charge is 0.303 e. The van der Waals surface area contributed by atoms with E-state index in [1.807, 2.05) is 24.3 Å². The van der Waals surface area contributed by atoms with Gasteiger partial charge in [-0.1, -0.05) is 32.9 Å². The molecule has 2 aromatic rings. The van der Waals surface area contributed by atoms with Crippen LogP contribution in [0.15, 0.2) is 36.9 Å². The first-order chi connectivity index (χ1) is 10.8. The van der Waals surface area contributed by atoms with Crippen LogP contribution in [0.3, 0.4) is 0 Å². The van der Waals surface area contributed by atoms with Crippen molar-refractivity contribution in [2.24, 2.45) is 11.1 Å². The van der Waals surface area contributed by atoms with Gasteiger partial charge in [-0.25, -0.2) is 9.67 Å². The highest BCUT2D eigenvalue weighted by atomic mass is 16.4. The van der Waals surface area contributed by atoms with Crippen molar-refractivity contribution in [3.8, 4) is 5.69 Å². The number of carbonyl (C=O) groups is 1. The lowest BCUT2D eigenvalue weighted by Crippen LogP contribution is -2.05. The van der Waals surface area contributed by atoms with Gasteiger partial charge in [0.05, 0.1) is 5.69 Å². The molecular formula is C17H26N4O2. The number of nitrogens with two attached hydrogens (primary N) is 1. The van der Waals surface area contributed by atoms with E-state index in [2.05, 4.69) is 30.9 Å². The fourth-order valence-electron chi connectivity index (χ4n) is 1.94. The Morgan fingerprint density at radius 1 is 1.35 bits per heavy atom. The zero-order valence-corrected chi connectivity index (χ0v) is 14.1. The van der Waals surface area contributed by atoms with E-state index in [-0.39, 0.29) is 5.41 Å². The summed E-state index contributed by atoms with van der Waals surface area (Å²) in [5, 5.41) is 12.3. The molecule has 0 amide bonds. The van der Waals surface area contributed by atoms with Crippen molar-refractivity contribution in [3.05, 3.63) is 42.5 Å². The van der Waals surface area contributed by atoms with Crippen molar-refractivity contribution in [3.63, 3.8) is 0 Å². The van der Waals surface area contributed by atoms with Gasteiger partial charge >= 0.3 is 5.97 Å². The van der Waals surface area contributed by atoms with Gasteiger partial charge in [0.2, 0.25) is 0 Å². The van der Waals surface area contributed by atoms with Gasteiger partial charge in [-0.05, 0) is 36.0 Å². The van der Waals surface area contributed by atoms with E-state index in [1.165, 1.54) is 6.33 Å². The van der Waals surface area contributed by atoms with E-state index in [0.29, 0.717) is 13.0 Å². The number of carboxylic acids is 1. The molecule has 0 saturated heterocycles. The molecule has 0 atom stereocenters. The van der Waals surface area contributed by atoms with Crippen LogP contribution in [-0.2, 0) is 11.3 Å². The number of benzene rings is 1. The predicted octanol–water partition coefficient (Wildman–Crippen LogP) is 3.01. The first-order valence-corrected chi connectivity index (χ1v) is 7.67. The molecule has 1 aromatic heterocycles. The molecule has 23 heavy (non-hydrogen) atoms. The highest BCUT2D eigenvalue weighted by Gasteiger charge is 2.09. The van der Waals surface area contributed by atoms with Crippen LogP contribution in [-0.4, -0.2) is 25.8 Å². The SMILES string of the molecule is CC(C)(C)CCCC(=O)O.NCc1cccc(-n2cncn2)c1. The van der Waals surface area contributed by atoms with Gasteiger partial charge in [0.1, 0.15) is 12.7 Å². The van der Waals surface area contributed by atoms with Crippen molar-refractivity contribution in [1.82, 2.24) is 14.8 Å². The number of hydrogen-bond donors (Lipinski definition) is 2. The van der Waals surface area contributed by atoms with Gasteiger partial charge < -0.3 is 10.8 Å². The Morgan fingerprint density at radius 2 is 2.09 bits per heavy atom. The summed E-state index contributed by atoms with van der Waals surface area (Å²) in [7, 11) is 0. The van der Waals surface area contributed by atoms with Crippen molar-refractivity contribution in [2.45, 2.75) is 46.6 Å². The van der Waals surface area contributed by atoms with Crippen LogP contribution in [0.4, 0.5) is 0 Å². The zero-order chi connectivity index (χ0) is 17.3. The van der Waals surface area contributed by atoms with E-state index >= 15 is 0 Å². The molecule has 2 rings (SSSR count). The van der Waals surface area contributed by atoms with Gasteiger partial charge in [-0.15, -0.1) is 0 Å². The Labute approximate surface area is 137 Å². The molecule has 6 heteroatoms. The minimum Gasteiger partial charge on any atom is -0.481 e. The standard InChI is InChI=1S/C9H10N4.C8H16O2/c10-5-8-2-1-3-9(4-8)13-7-11-6-12-13;1-8(2,3)6-4-5-7(9)10/h1-4,6-7H,5,10H2;4-6H2,1-3H3,(H,9,10). The topological polar surface area (TPSA) is 94.0 Å². The third kappa shape index (κ3) is 8.11.